The maximum Gasteiger partial charge on any atom is 0.326 e. The summed E-state index contributed by atoms with van der Waals surface area (Å²) in [5, 5.41) is 6.82. The van der Waals surface area contributed by atoms with Crippen molar-refractivity contribution >= 4 is 16.9 Å². The molecule has 1 fully saturated rings. The molecule has 4 aromatic rings. The number of fused-ring (bicyclic) bond motifs is 1. The lowest BCUT2D eigenvalue weighted by atomic mass is 10.1. The van der Waals surface area contributed by atoms with E-state index < -0.39 is 0 Å². The van der Waals surface area contributed by atoms with Gasteiger partial charge in [0, 0.05) is 11.6 Å². The first-order chi connectivity index (χ1) is 15.2. The van der Waals surface area contributed by atoms with Gasteiger partial charge < -0.3 is 14.8 Å². The molecule has 158 valence electrons. The number of hydrogen-bond acceptors (Lipinski definition) is 5. The van der Waals surface area contributed by atoms with E-state index in [0.717, 1.165) is 47.8 Å². The van der Waals surface area contributed by atoms with E-state index in [1.807, 2.05) is 53.1 Å². The fourth-order valence-corrected chi connectivity index (χ4v) is 4.26. The molecule has 1 saturated carbocycles. The molecule has 0 bridgehead atoms. The zero-order valence-corrected chi connectivity index (χ0v) is 17.0. The number of carbonyl (C=O) groups is 1. The van der Waals surface area contributed by atoms with Gasteiger partial charge in [-0.15, -0.1) is 0 Å². The van der Waals surface area contributed by atoms with Crippen molar-refractivity contribution in [2.75, 3.05) is 0 Å². The van der Waals surface area contributed by atoms with Gasteiger partial charge in [0.15, 0.2) is 0 Å². The molecule has 8 nitrogen and oxygen atoms in total. The van der Waals surface area contributed by atoms with Gasteiger partial charge in [-0.05, 0) is 36.6 Å². The molecule has 8 heteroatoms. The third-order valence-electron chi connectivity index (χ3n) is 5.78. The minimum Gasteiger partial charge on any atom is -0.347 e. The Hall–Kier alpha value is -3.68. The third kappa shape index (κ3) is 4.01. The molecule has 0 spiro atoms. The van der Waals surface area contributed by atoms with E-state index >= 15 is 0 Å². The van der Waals surface area contributed by atoms with Crippen molar-refractivity contribution in [3.05, 3.63) is 70.5 Å². The van der Waals surface area contributed by atoms with Crippen LogP contribution in [0.2, 0.25) is 0 Å². The molecule has 0 saturated heterocycles. The van der Waals surface area contributed by atoms with Gasteiger partial charge in [-0.3, -0.25) is 9.36 Å². The number of amides is 1. The van der Waals surface area contributed by atoms with Crippen LogP contribution in [0.1, 0.15) is 43.2 Å². The molecule has 5 rings (SSSR count). The number of benzene rings is 2. The molecular formula is C23H23N5O3. The third-order valence-corrected chi connectivity index (χ3v) is 5.78. The van der Waals surface area contributed by atoms with E-state index in [-0.39, 0.29) is 24.2 Å². The molecule has 2 heterocycles. The first-order valence-corrected chi connectivity index (χ1v) is 10.6. The molecular weight excluding hydrogens is 394 g/mol. The van der Waals surface area contributed by atoms with Gasteiger partial charge in [0.25, 0.3) is 0 Å². The first-order valence-electron chi connectivity index (χ1n) is 10.6. The quantitative estimate of drug-likeness (QED) is 0.500. The Bertz CT molecular complexity index is 1270. The maximum atomic E-state index is 12.5. The summed E-state index contributed by atoms with van der Waals surface area (Å²) in [6, 6.07) is 15.5. The number of imidazole rings is 1. The summed E-state index contributed by atoms with van der Waals surface area (Å²) in [6.45, 7) is 0.163. The van der Waals surface area contributed by atoms with Crippen LogP contribution in [0.5, 0.6) is 0 Å². The zero-order valence-electron chi connectivity index (χ0n) is 17.0. The smallest absolute Gasteiger partial charge is 0.326 e. The first kappa shape index (κ1) is 19.3. The van der Waals surface area contributed by atoms with Gasteiger partial charge in [-0.1, -0.05) is 48.3 Å². The normalized spacial score (nSPS) is 14.3. The number of carbonyl (C=O) groups excluding carboxylic acids is 1. The summed E-state index contributed by atoms with van der Waals surface area (Å²) in [5.74, 6) is 0.635. The van der Waals surface area contributed by atoms with Crippen molar-refractivity contribution in [2.45, 2.75) is 44.7 Å². The van der Waals surface area contributed by atoms with Gasteiger partial charge in [0.1, 0.15) is 0 Å². The zero-order chi connectivity index (χ0) is 21.2. The molecule has 2 aromatic heterocycles. The number of nitrogens with zero attached hydrogens (tertiary/aromatic N) is 3. The van der Waals surface area contributed by atoms with Crippen molar-refractivity contribution in [1.29, 1.82) is 0 Å². The standard InChI is InChI=1S/C23H23N5O3/c29-20(12-15-6-2-1-3-7-15)24-14-21-26-22(27-31-21)16-10-11-19-18(13-16)25-23(30)28(19)17-8-4-5-9-17/h1-3,6-7,10-11,13,17H,4-5,8-9,12,14H2,(H,24,29)(H,25,30). The van der Waals surface area contributed by atoms with Crippen LogP contribution in [0.3, 0.4) is 0 Å². The SMILES string of the molecule is O=C(Cc1ccccc1)NCc1nc(-c2ccc3c(c2)[nH]c(=O)n3C2CCCC2)no1. The van der Waals surface area contributed by atoms with Gasteiger partial charge in [0.05, 0.1) is 24.0 Å². The maximum absolute atomic E-state index is 12.5. The highest BCUT2D eigenvalue weighted by Crippen LogP contribution is 2.31. The van der Waals surface area contributed by atoms with Crippen molar-refractivity contribution in [1.82, 2.24) is 25.0 Å². The monoisotopic (exact) mass is 417 g/mol. The van der Waals surface area contributed by atoms with Gasteiger partial charge in [-0.2, -0.15) is 4.98 Å². The molecule has 31 heavy (non-hydrogen) atoms. The van der Waals surface area contributed by atoms with Crippen LogP contribution in [0.15, 0.2) is 57.8 Å². The van der Waals surface area contributed by atoms with Crippen molar-refractivity contribution in [3.8, 4) is 11.4 Å². The Morgan fingerprint density at radius 3 is 2.77 bits per heavy atom. The van der Waals surface area contributed by atoms with Gasteiger partial charge in [0.2, 0.25) is 17.6 Å². The highest BCUT2D eigenvalue weighted by Gasteiger charge is 2.21. The number of H-pyrrole nitrogens is 1. The van der Waals surface area contributed by atoms with E-state index in [0.29, 0.717) is 18.1 Å². The Kier molecular flexibility index (Phi) is 5.11. The summed E-state index contributed by atoms with van der Waals surface area (Å²) in [4.78, 5) is 31.9. The predicted molar refractivity (Wildman–Crippen MR) is 115 cm³/mol. The number of aromatic nitrogens is 4. The summed E-state index contributed by atoms with van der Waals surface area (Å²) in [7, 11) is 0. The second-order valence-corrected chi connectivity index (χ2v) is 7.92. The Balaban J connectivity index is 1.29. The predicted octanol–water partition coefficient (Wildman–Crippen LogP) is 3.35. The minimum atomic E-state index is -0.113. The number of nitrogens with one attached hydrogen (secondary N) is 2. The number of aromatic amines is 1. The average Bonchev–Trinajstić information content (AvgIpc) is 3.52. The van der Waals surface area contributed by atoms with E-state index in [1.54, 1.807) is 0 Å². The van der Waals surface area contributed by atoms with Crippen LogP contribution in [0.4, 0.5) is 0 Å². The summed E-state index contributed by atoms with van der Waals surface area (Å²) >= 11 is 0. The highest BCUT2D eigenvalue weighted by atomic mass is 16.5. The summed E-state index contributed by atoms with van der Waals surface area (Å²) in [6.07, 6.45) is 4.70. The molecule has 1 aliphatic carbocycles. The Morgan fingerprint density at radius 2 is 1.97 bits per heavy atom. The molecule has 0 atom stereocenters. The summed E-state index contributed by atoms with van der Waals surface area (Å²) < 4.78 is 7.16. The van der Waals surface area contributed by atoms with Gasteiger partial charge in [-0.25, -0.2) is 4.79 Å². The molecule has 2 N–H and O–H groups in total. The summed E-state index contributed by atoms with van der Waals surface area (Å²) in [5.41, 5.74) is 3.28. The van der Waals surface area contributed by atoms with E-state index in [2.05, 4.69) is 20.4 Å². The second-order valence-electron chi connectivity index (χ2n) is 7.92. The molecule has 0 aliphatic heterocycles. The second kappa shape index (κ2) is 8.22. The van der Waals surface area contributed by atoms with Gasteiger partial charge >= 0.3 is 5.69 Å². The highest BCUT2D eigenvalue weighted by molar-refractivity contribution is 5.81. The lowest BCUT2D eigenvalue weighted by molar-refractivity contribution is -0.120. The largest absolute Gasteiger partial charge is 0.347 e. The lowest BCUT2D eigenvalue weighted by Crippen LogP contribution is -2.24. The van der Waals surface area contributed by atoms with Crippen molar-refractivity contribution < 1.29 is 9.32 Å². The molecule has 0 radical (unpaired) electrons. The fourth-order valence-electron chi connectivity index (χ4n) is 4.26. The Labute approximate surface area is 178 Å². The minimum absolute atomic E-state index is 0.0750. The van der Waals surface area contributed by atoms with Crippen molar-refractivity contribution in [2.24, 2.45) is 0 Å². The number of rotatable bonds is 6. The van der Waals surface area contributed by atoms with Crippen LogP contribution in [0.25, 0.3) is 22.4 Å². The topological polar surface area (TPSA) is 106 Å². The van der Waals surface area contributed by atoms with Crippen LogP contribution in [-0.4, -0.2) is 25.6 Å². The average molecular weight is 417 g/mol. The van der Waals surface area contributed by atoms with Crippen LogP contribution < -0.4 is 11.0 Å². The van der Waals surface area contributed by atoms with E-state index in [4.69, 9.17) is 4.52 Å². The van der Waals surface area contributed by atoms with Crippen LogP contribution >= 0.6 is 0 Å². The molecule has 1 aliphatic rings. The molecule has 0 unspecified atom stereocenters. The molecule has 2 aromatic carbocycles. The molecule has 1 amide bonds. The fraction of sp³-hybridized carbons (Fsp3) is 0.304. The number of hydrogen-bond donors (Lipinski definition) is 2. The van der Waals surface area contributed by atoms with E-state index in [1.165, 1.54) is 0 Å². The van der Waals surface area contributed by atoms with E-state index in [9.17, 15) is 9.59 Å². The van der Waals surface area contributed by atoms with Crippen LogP contribution in [-0.2, 0) is 17.8 Å². The Morgan fingerprint density at radius 1 is 1.16 bits per heavy atom. The lowest BCUT2D eigenvalue weighted by Gasteiger charge is -2.11. The van der Waals surface area contributed by atoms with Crippen LogP contribution in [0, 0.1) is 0 Å². The van der Waals surface area contributed by atoms with Crippen molar-refractivity contribution in [3.63, 3.8) is 0 Å².